The predicted molar refractivity (Wildman–Crippen MR) is 329 cm³/mol. The molecule has 22 nitrogen and oxygen atoms in total. The van der Waals surface area contributed by atoms with E-state index in [2.05, 4.69) is 40.5 Å². The fourth-order valence-corrected chi connectivity index (χ4v) is 14.8. The van der Waals surface area contributed by atoms with Crippen LogP contribution >= 0.6 is 46.4 Å². The first-order valence-corrected chi connectivity index (χ1v) is 33.0. The Kier molecular flexibility index (Phi) is 23.2. The number of nitrogens with one attached hydrogen (secondary N) is 6. The summed E-state index contributed by atoms with van der Waals surface area (Å²) in [5, 5.41) is 13.1. The molecule has 0 bridgehead atoms. The number of hydrogen-bond donors (Lipinski definition) is 6. The second-order valence-corrected chi connectivity index (χ2v) is 27.3. The maximum absolute atomic E-state index is 13.5. The molecule has 2 saturated heterocycles. The fourth-order valence-electron chi connectivity index (χ4n) is 11.0. The van der Waals surface area contributed by atoms with Gasteiger partial charge >= 0.3 is 12.1 Å². The number of nitrogens with zero attached hydrogens (tertiary/aromatic N) is 4. The van der Waals surface area contributed by atoms with Crippen molar-refractivity contribution in [1.82, 2.24) is 50.3 Å². The van der Waals surface area contributed by atoms with E-state index >= 15 is 0 Å². The first-order chi connectivity index (χ1) is 40.9. The van der Waals surface area contributed by atoms with Crippen molar-refractivity contribution in [3.63, 3.8) is 0 Å². The van der Waals surface area contributed by atoms with Crippen LogP contribution in [-0.2, 0) is 52.0 Å². The maximum Gasteiger partial charge on any atom is 0.314 e. The molecule has 4 aliphatic rings. The van der Waals surface area contributed by atoms with Crippen molar-refractivity contribution in [2.45, 2.75) is 98.5 Å². The number of urea groups is 2. The molecular weight excluding hydrogens is 1230 g/mol. The van der Waals surface area contributed by atoms with Gasteiger partial charge in [-0.15, -0.1) is 0 Å². The van der Waals surface area contributed by atoms with E-state index in [0.29, 0.717) is 107 Å². The lowest BCUT2D eigenvalue weighted by Gasteiger charge is -2.28. The van der Waals surface area contributed by atoms with E-state index in [1.165, 1.54) is 24.3 Å². The lowest BCUT2D eigenvalue weighted by Crippen LogP contribution is -2.42. The predicted octanol–water partition coefficient (Wildman–Crippen LogP) is 6.00. The van der Waals surface area contributed by atoms with Crippen LogP contribution in [0.25, 0.3) is 0 Å². The molecule has 0 spiro atoms. The van der Waals surface area contributed by atoms with Crippen LogP contribution in [0.1, 0.15) is 71.3 Å². The van der Waals surface area contributed by atoms with Gasteiger partial charge in [-0.3, -0.25) is 9.59 Å². The molecule has 0 unspecified atom stereocenters. The molecule has 470 valence electrons. The Balaban J connectivity index is 0.623. The van der Waals surface area contributed by atoms with Gasteiger partial charge in [0.1, 0.15) is 35.8 Å². The second-order valence-electron chi connectivity index (χ2n) is 22.2. The number of carbonyl (C=O) groups excluding carboxylic acids is 4. The van der Waals surface area contributed by atoms with Crippen molar-refractivity contribution < 1.29 is 55.0 Å². The number of sulfonamides is 2. The van der Waals surface area contributed by atoms with Crippen molar-refractivity contribution in [3.05, 3.63) is 114 Å². The number of halogens is 4. The van der Waals surface area contributed by atoms with Crippen LogP contribution in [-0.4, -0.2) is 191 Å². The highest BCUT2D eigenvalue weighted by atomic mass is 35.5. The van der Waals surface area contributed by atoms with Gasteiger partial charge in [0.15, 0.2) is 0 Å². The molecule has 2 heterocycles. The quantitative estimate of drug-likeness (QED) is 0.0341. The number of fused-ring (bicyclic) bond motifs is 2. The number of carbonyl (C=O) groups is 4. The summed E-state index contributed by atoms with van der Waals surface area (Å²) in [5.41, 5.74) is 4.93. The largest absolute Gasteiger partial charge is 0.484 e. The zero-order valence-electron chi connectivity index (χ0n) is 49.0. The summed E-state index contributed by atoms with van der Waals surface area (Å²) in [6.07, 6.45) is 2.39. The molecule has 4 aromatic rings. The third kappa shape index (κ3) is 16.9. The summed E-state index contributed by atoms with van der Waals surface area (Å²) in [5.74, 6) is 0.335. The summed E-state index contributed by atoms with van der Waals surface area (Å²) >= 11 is 25.8. The highest BCUT2D eigenvalue weighted by Crippen LogP contribution is 2.44. The molecule has 8 rings (SSSR count). The molecule has 2 fully saturated rings. The van der Waals surface area contributed by atoms with Gasteiger partial charge in [-0.1, -0.05) is 46.4 Å². The van der Waals surface area contributed by atoms with Gasteiger partial charge in [0.05, 0.1) is 48.3 Å². The molecular formula is C58H76Cl4N10O12S2. The van der Waals surface area contributed by atoms with E-state index in [4.69, 9.17) is 65.4 Å². The Bertz CT molecular complexity index is 3130. The number of hydrogen-bond acceptors (Lipinski definition) is 14. The Morgan fingerprint density at radius 2 is 0.942 bits per heavy atom. The van der Waals surface area contributed by atoms with Gasteiger partial charge in [-0.05, 0) is 163 Å². The molecule has 6 amide bonds. The standard InChI is InChI=1S/C58H76Cl4N10O12S2/c1-35-27-39(9-11-51(35)83-53-43-29-37(59)31-45(61)41(43)33-49(53)69(3)4)85(77,78)67-47-13-19-71(55(47)73)21-25-81-23-17-65-57(75)63-15-7-8-16-64-58(76)66-18-24-82-26-22-72-20-14-48(56(72)74)68-86(79,80)40-10-12-52(36(2)28-40)84-54-44-30-38(60)32-46(62)42(44)34-50(54)70(5)6/h9-12,27-32,47-50,53-54,67-68H,7-8,13-26,33-34H2,1-6H3,(H2,63,65,75)(H2,64,66,76)/t47-,48-,49-,50-,53-,54-/m0/s1. The SMILES string of the molecule is Cc1cc(S(=O)(=O)N[C@H]2CCN(CCOCCNC(=O)NCCCCNC(=O)NCCOCCN3CC[C@H](NS(=O)(=O)c4ccc(O[C@H]5c6cc(Cl)cc(Cl)c6C[C@@H]5N(C)C)c(C)c4)C3=O)C2=O)ccc1O[C@H]1c2cc(Cl)cc(Cl)c2C[C@@H]1N(C)C. The van der Waals surface area contributed by atoms with E-state index in [1.54, 1.807) is 47.9 Å². The number of likely N-dealkylation sites (N-methyl/N-ethyl adjacent to an activating group) is 2. The number of ether oxygens (including phenoxy) is 4. The summed E-state index contributed by atoms with van der Waals surface area (Å²) in [7, 11) is -0.254. The first-order valence-electron chi connectivity index (χ1n) is 28.5. The monoisotopic (exact) mass is 1310 g/mol. The van der Waals surface area contributed by atoms with Crippen LogP contribution in [0.15, 0.2) is 70.5 Å². The van der Waals surface area contributed by atoms with E-state index in [0.717, 1.165) is 22.3 Å². The van der Waals surface area contributed by atoms with Crippen molar-refractivity contribution in [1.29, 1.82) is 0 Å². The Hall–Kier alpha value is -5.22. The second kappa shape index (κ2) is 29.9. The van der Waals surface area contributed by atoms with E-state index < -0.39 is 32.1 Å². The third-order valence-electron chi connectivity index (χ3n) is 15.7. The van der Waals surface area contributed by atoms with Crippen molar-refractivity contribution in [3.8, 4) is 11.5 Å². The number of aryl methyl sites for hydroxylation is 2. The smallest absolute Gasteiger partial charge is 0.314 e. The van der Waals surface area contributed by atoms with Crippen LogP contribution in [0.5, 0.6) is 11.5 Å². The number of benzene rings is 4. The molecule has 6 atom stereocenters. The highest BCUT2D eigenvalue weighted by molar-refractivity contribution is 7.89. The fraction of sp³-hybridized carbons (Fsp3) is 0.517. The Morgan fingerprint density at radius 1 is 0.558 bits per heavy atom. The van der Waals surface area contributed by atoms with Crippen LogP contribution in [0.3, 0.4) is 0 Å². The molecule has 2 aliphatic heterocycles. The van der Waals surface area contributed by atoms with Gasteiger partial charge < -0.3 is 59.8 Å². The molecule has 0 aromatic heterocycles. The third-order valence-corrected chi connectivity index (χ3v) is 19.8. The minimum atomic E-state index is -4.05. The summed E-state index contributed by atoms with van der Waals surface area (Å²) in [6.45, 7) is 6.74. The molecule has 0 saturated carbocycles. The topological polar surface area (TPSA) is 259 Å². The average Bonchev–Trinajstić information content (AvgIpc) is 2.48. The summed E-state index contributed by atoms with van der Waals surface area (Å²) in [6, 6.07) is 13.7. The molecule has 6 N–H and O–H groups in total. The van der Waals surface area contributed by atoms with Crippen LogP contribution in [0.2, 0.25) is 20.1 Å². The van der Waals surface area contributed by atoms with Gasteiger partial charge in [0.25, 0.3) is 0 Å². The number of likely N-dealkylation sites (tertiary alicyclic amines) is 2. The van der Waals surface area contributed by atoms with E-state index in [9.17, 15) is 36.0 Å². The number of rotatable bonds is 29. The lowest BCUT2D eigenvalue weighted by molar-refractivity contribution is -0.130. The van der Waals surface area contributed by atoms with Crippen LogP contribution < -0.4 is 40.2 Å². The van der Waals surface area contributed by atoms with Gasteiger partial charge in [-0.25, -0.2) is 26.4 Å². The minimum absolute atomic E-state index is 0.0119. The van der Waals surface area contributed by atoms with Crippen molar-refractivity contribution in [2.75, 3.05) is 107 Å². The molecule has 28 heteroatoms. The Morgan fingerprint density at radius 3 is 1.31 bits per heavy atom. The van der Waals surface area contributed by atoms with E-state index in [1.807, 2.05) is 40.3 Å². The minimum Gasteiger partial charge on any atom is -0.484 e. The van der Waals surface area contributed by atoms with Gasteiger partial charge in [0.2, 0.25) is 31.9 Å². The summed E-state index contributed by atoms with van der Waals surface area (Å²) < 4.78 is 83.4. The van der Waals surface area contributed by atoms with E-state index in [-0.39, 0.29) is 111 Å². The first kappa shape index (κ1) is 66.7. The average molecular weight is 1310 g/mol. The number of amides is 6. The van der Waals surface area contributed by atoms with Gasteiger partial charge in [0, 0.05) is 83.6 Å². The molecule has 4 aromatic carbocycles. The van der Waals surface area contributed by atoms with Crippen molar-refractivity contribution in [2.24, 2.45) is 0 Å². The molecule has 0 radical (unpaired) electrons. The van der Waals surface area contributed by atoms with Gasteiger partial charge in [-0.2, -0.15) is 9.44 Å². The maximum atomic E-state index is 13.5. The van der Waals surface area contributed by atoms with Crippen molar-refractivity contribution >= 4 is 90.3 Å². The van der Waals surface area contributed by atoms with Crippen LogP contribution in [0, 0.1) is 13.8 Å². The molecule has 86 heavy (non-hydrogen) atoms. The lowest BCUT2D eigenvalue weighted by atomic mass is 10.1. The number of unbranched alkanes of at least 4 members (excludes halogenated alkanes) is 1. The zero-order chi connectivity index (χ0) is 62.0. The molecule has 2 aliphatic carbocycles. The van der Waals surface area contributed by atoms with Crippen LogP contribution in [0.4, 0.5) is 9.59 Å². The Labute approximate surface area is 523 Å². The normalized spacial score (nSPS) is 20.2. The summed E-state index contributed by atoms with van der Waals surface area (Å²) in [4.78, 5) is 58.2. The highest BCUT2D eigenvalue weighted by Gasteiger charge is 2.41. The zero-order valence-corrected chi connectivity index (χ0v) is 53.6.